The van der Waals surface area contributed by atoms with Crippen molar-refractivity contribution < 1.29 is 14.1 Å². The number of rotatable bonds is 4. The molecule has 7 heteroatoms. The molecule has 1 N–H and O–H groups in total. The topological polar surface area (TPSA) is 80.5 Å². The molecule has 0 aromatic carbocycles. The van der Waals surface area contributed by atoms with E-state index in [1.165, 1.54) is 6.42 Å². The minimum Gasteiger partial charge on any atom is -0.380 e. The first-order chi connectivity index (χ1) is 11.0. The fourth-order valence-corrected chi connectivity index (χ4v) is 3.80. The van der Waals surface area contributed by atoms with Crippen molar-refractivity contribution >= 4 is 5.91 Å². The Morgan fingerprint density at radius 1 is 1.39 bits per heavy atom. The number of aryl methyl sites for hydroxylation is 1. The van der Waals surface area contributed by atoms with Gasteiger partial charge in [-0.1, -0.05) is 24.4 Å². The van der Waals surface area contributed by atoms with Crippen molar-refractivity contribution in [1.29, 1.82) is 0 Å². The summed E-state index contributed by atoms with van der Waals surface area (Å²) in [7, 11) is 3.67. The van der Waals surface area contributed by atoms with Crippen molar-refractivity contribution in [2.45, 2.75) is 63.1 Å². The Kier molecular flexibility index (Phi) is 4.68. The van der Waals surface area contributed by atoms with Crippen molar-refractivity contribution in [1.82, 2.24) is 20.4 Å². The van der Waals surface area contributed by atoms with Crippen molar-refractivity contribution in [2.75, 3.05) is 20.7 Å². The molecule has 7 nitrogen and oxygen atoms in total. The standard InChI is InChI=1S/C16H26N4O3/c1-11-17-15(19-23-11)16(7-5-4-6-8-16)18-14(21)13-9-12(22-3)10-20(13)2/h12-13H,4-10H2,1-3H3,(H,18,21)/t12-,13-/m0/s1. The van der Waals surface area contributed by atoms with E-state index in [-0.39, 0.29) is 18.1 Å². The average Bonchev–Trinajstić information content (AvgIpc) is 3.14. The molecule has 2 fully saturated rings. The van der Waals surface area contributed by atoms with Gasteiger partial charge >= 0.3 is 0 Å². The molecule has 3 rings (SSSR count). The molecule has 1 amide bonds. The Labute approximate surface area is 136 Å². The van der Waals surface area contributed by atoms with Gasteiger partial charge in [-0.3, -0.25) is 9.69 Å². The van der Waals surface area contributed by atoms with Gasteiger partial charge in [-0.25, -0.2) is 0 Å². The number of nitrogens with one attached hydrogen (secondary N) is 1. The lowest BCUT2D eigenvalue weighted by atomic mass is 9.80. The quantitative estimate of drug-likeness (QED) is 0.902. The SMILES string of the molecule is CO[C@H]1C[C@@H](C(=O)NC2(c3noc(C)n3)CCCCC2)N(C)C1. The number of aromatic nitrogens is 2. The normalized spacial score (nSPS) is 28.0. The van der Waals surface area contributed by atoms with Gasteiger partial charge < -0.3 is 14.6 Å². The minimum absolute atomic E-state index is 0.0383. The maximum atomic E-state index is 12.9. The second-order valence-electron chi connectivity index (χ2n) is 6.82. The number of carbonyl (C=O) groups excluding carboxylic acids is 1. The van der Waals surface area contributed by atoms with Crippen molar-refractivity contribution in [3.63, 3.8) is 0 Å². The van der Waals surface area contributed by atoms with Crippen LogP contribution in [0.5, 0.6) is 0 Å². The smallest absolute Gasteiger partial charge is 0.238 e. The molecule has 0 unspecified atom stereocenters. The van der Waals surface area contributed by atoms with Gasteiger partial charge in [0.1, 0.15) is 5.54 Å². The Bertz CT molecular complexity index is 553. The lowest BCUT2D eigenvalue weighted by Crippen LogP contribution is -2.53. The lowest BCUT2D eigenvalue weighted by Gasteiger charge is -2.36. The third kappa shape index (κ3) is 3.26. The number of hydrogen-bond acceptors (Lipinski definition) is 6. The maximum Gasteiger partial charge on any atom is 0.238 e. The number of hydrogen-bond donors (Lipinski definition) is 1. The van der Waals surface area contributed by atoms with E-state index in [2.05, 4.69) is 20.4 Å². The van der Waals surface area contributed by atoms with Gasteiger partial charge in [0, 0.05) is 20.6 Å². The van der Waals surface area contributed by atoms with E-state index in [1.807, 2.05) is 7.05 Å². The van der Waals surface area contributed by atoms with Gasteiger partial charge in [0.2, 0.25) is 11.8 Å². The summed E-state index contributed by atoms with van der Waals surface area (Å²) in [5, 5.41) is 7.36. The van der Waals surface area contributed by atoms with Crippen LogP contribution in [0.15, 0.2) is 4.52 Å². The molecule has 1 saturated carbocycles. The average molecular weight is 322 g/mol. The number of amides is 1. The molecular formula is C16H26N4O3. The molecule has 128 valence electrons. The first-order valence-electron chi connectivity index (χ1n) is 8.40. The zero-order valence-corrected chi connectivity index (χ0v) is 14.2. The van der Waals surface area contributed by atoms with Crippen LogP contribution in [0.1, 0.15) is 50.2 Å². The molecule has 23 heavy (non-hydrogen) atoms. The molecule has 1 aromatic heterocycles. The van der Waals surface area contributed by atoms with Gasteiger partial charge in [-0.15, -0.1) is 0 Å². The van der Waals surface area contributed by atoms with E-state index in [0.29, 0.717) is 11.7 Å². The van der Waals surface area contributed by atoms with Crippen LogP contribution in [0.3, 0.4) is 0 Å². The number of likely N-dealkylation sites (N-methyl/N-ethyl adjacent to an activating group) is 1. The molecule has 1 aliphatic heterocycles. The maximum absolute atomic E-state index is 12.9. The van der Waals surface area contributed by atoms with Crippen LogP contribution in [0, 0.1) is 6.92 Å². The predicted molar refractivity (Wildman–Crippen MR) is 83.8 cm³/mol. The Balaban J connectivity index is 1.77. The number of nitrogens with zero attached hydrogens (tertiary/aromatic N) is 3. The van der Waals surface area contributed by atoms with E-state index in [9.17, 15) is 4.79 Å². The molecule has 2 atom stereocenters. The summed E-state index contributed by atoms with van der Waals surface area (Å²) in [6, 6.07) is -0.160. The molecule has 2 heterocycles. The van der Waals surface area contributed by atoms with Crippen LogP contribution in [0.25, 0.3) is 0 Å². The fourth-order valence-electron chi connectivity index (χ4n) is 3.80. The number of likely N-dealkylation sites (tertiary alicyclic amines) is 1. The van der Waals surface area contributed by atoms with Crippen LogP contribution >= 0.6 is 0 Å². The monoisotopic (exact) mass is 322 g/mol. The number of carbonyl (C=O) groups is 1. The molecule has 0 spiro atoms. The van der Waals surface area contributed by atoms with Crippen molar-refractivity contribution in [3.8, 4) is 0 Å². The highest BCUT2D eigenvalue weighted by Gasteiger charge is 2.43. The summed E-state index contributed by atoms with van der Waals surface area (Å²) in [5.74, 6) is 1.19. The summed E-state index contributed by atoms with van der Waals surface area (Å²) in [5.41, 5.74) is -0.487. The summed E-state index contributed by atoms with van der Waals surface area (Å²) in [4.78, 5) is 19.3. The van der Waals surface area contributed by atoms with E-state index in [1.54, 1.807) is 14.0 Å². The first-order valence-corrected chi connectivity index (χ1v) is 8.40. The molecule has 1 aliphatic carbocycles. The predicted octanol–water partition coefficient (Wildman–Crippen LogP) is 1.37. The first kappa shape index (κ1) is 16.4. The van der Waals surface area contributed by atoms with Gasteiger partial charge in [0.25, 0.3) is 0 Å². The molecule has 1 saturated heterocycles. The number of ether oxygens (including phenoxy) is 1. The third-order valence-corrected chi connectivity index (χ3v) is 5.17. The van der Waals surface area contributed by atoms with Crippen LogP contribution in [0.4, 0.5) is 0 Å². The second-order valence-corrected chi connectivity index (χ2v) is 6.82. The van der Waals surface area contributed by atoms with E-state index < -0.39 is 5.54 Å². The van der Waals surface area contributed by atoms with Crippen LogP contribution in [-0.2, 0) is 15.1 Å². The van der Waals surface area contributed by atoms with Gasteiger partial charge in [0.05, 0.1) is 12.1 Å². The van der Waals surface area contributed by atoms with Gasteiger partial charge in [0.15, 0.2) is 5.82 Å². The van der Waals surface area contributed by atoms with Gasteiger partial charge in [-0.2, -0.15) is 4.98 Å². The molecular weight excluding hydrogens is 296 g/mol. The lowest BCUT2D eigenvalue weighted by molar-refractivity contribution is -0.127. The Morgan fingerprint density at radius 2 is 2.13 bits per heavy atom. The highest BCUT2D eigenvalue weighted by atomic mass is 16.5. The van der Waals surface area contributed by atoms with Gasteiger partial charge in [-0.05, 0) is 26.3 Å². The third-order valence-electron chi connectivity index (χ3n) is 5.17. The van der Waals surface area contributed by atoms with E-state index >= 15 is 0 Å². The molecule has 2 aliphatic rings. The number of methoxy groups -OCH3 is 1. The summed E-state index contributed by atoms with van der Waals surface area (Å²) >= 11 is 0. The van der Waals surface area contributed by atoms with E-state index in [0.717, 1.165) is 38.6 Å². The van der Waals surface area contributed by atoms with Crippen LogP contribution < -0.4 is 5.32 Å². The second kappa shape index (κ2) is 6.57. The van der Waals surface area contributed by atoms with E-state index in [4.69, 9.17) is 9.26 Å². The largest absolute Gasteiger partial charge is 0.380 e. The highest BCUT2D eigenvalue weighted by Crippen LogP contribution is 2.36. The van der Waals surface area contributed by atoms with Crippen molar-refractivity contribution in [3.05, 3.63) is 11.7 Å². The Morgan fingerprint density at radius 3 is 2.70 bits per heavy atom. The van der Waals surface area contributed by atoms with Crippen LogP contribution in [0.2, 0.25) is 0 Å². The zero-order chi connectivity index (χ0) is 16.4. The highest BCUT2D eigenvalue weighted by molar-refractivity contribution is 5.83. The minimum atomic E-state index is -0.487. The summed E-state index contributed by atoms with van der Waals surface area (Å²) in [6.45, 7) is 2.56. The fraction of sp³-hybridized carbons (Fsp3) is 0.812. The molecule has 0 radical (unpaired) electrons. The molecule has 0 bridgehead atoms. The Hall–Kier alpha value is -1.47. The summed E-state index contributed by atoms with van der Waals surface area (Å²) < 4.78 is 10.6. The zero-order valence-electron chi connectivity index (χ0n) is 14.2. The van der Waals surface area contributed by atoms with Crippen LogP contribution in [-0.4, -0.2) is 53.8 Å². The van der Waals surface area contributed by atoms with Crippen molar-refractivity contribution in [2.24, 2.45) is 0 Å². The molecule has 1 aromatic rings. The summed E-state index contributed by atoms with van der Waals surface area (Å²) in [6.07, 6.45) is 5.88.